The molecule has 0 N–H and O–H groups in total. The monoisotopic (exact) mass is 192 g/mol. The van der Waals surface area contributed by atoms with Crippen LogP contribution in [-0.2, 0) is 4.74 Å². The predicted molar refractivity (Wildman–Crippen MR) is 56.1 cm³/mol. The maximum atomic E-state index is 5.46. The molecule has 0 aliphatic heterocycles. The van der Waals surface area contributed by atoms with Crippen molar-refractivity contribution in [1.82, 2.24) is 0 Å². The topological polar surface area (TPSA) is 9.23 Å². The van der Waals surface area contributed by atoms with Crippen molar-refractivity contribution < 1.29 is 4.74 Å². The lowest BCUT2D eigenvalue weighted by atomic mass is 9.90. The first-order chi connectivity index (χ1) is 4.88. The van der Waals surface area contributed by atoms with Crippen molar-refractivity contribution in [3.63, 3.8) is 0 Å². The summed E-state index contributed by atoms with van der Waals surface area (Å²) in [4.78, 5) is 0. The number of thiocarbonyl (C=S) groups is 1. The van der Waals surface area contributed by atoms with Crippen molar-refractivity contribution in [3.8, 4) is 0 Å². The van der Waals surface area contributed by atoms with Gasteiger partial charge in [-0.2, -0.15) is 0 Å². The minimum absolute atomic E-state index is 0.166. The van der Waals surface area contributed by atoms with Gasteiger partial charge in [-0.1, -0.05) is 32.5 Å². The number of rotatable bonds is 1. The summed E-state index contributed by atoms with van der Waals surface area (Å²) in [6.45, 7) is 8.46. The summed E-state index contributed by atoms with van der Waals surface area (Å²) in [5.41, 5.74) is 0.166. The van der Waals surface area contributed by atoms with Gasteiger partial charge in [0.2, 0.25) is 4.38 Å². The maximum absolute atomic E-state index is 5.46. The first-order valence-corrected chi connectivity index (χ1v) is 5.26. The van der Waals surface area contributed by atoms with Crippen molar-refractivity contribution in [2.75, 3.05) is 6.26 Å². The Morgan fingerprint density at radius 2 is 1.91 bits per heavy atom. The quantitative estimate of drug-likeness (QED) is 0.591. The minimum Gasteiger partial charge on any atom is -0.475 e. The van der Waals surface area contributed by atoms with Gasteiger partial charge >= 0.3 is 0 Å². The van der Waals surface area contributed by atoms with Crippen LogP contribution >= 0.6 is 24.0 Å². The number of hydrogen-bond donors (Lipinski definition) is 0. The maximum Gasteiger partial charge on any atom is 0.219 e. The molecule has 1 unspecified atom stereocenters. The molecule has 0 saturated heterocycles. The van der Waals surface area contributed by atoms with E-state index in [1.165, 1.54) is 11.8 Å². The van der Waals surface area contributed by atoms with Gasteiger partial charge in [0.15, 0.2) is 0 Å². The van der Waals surface area contributed by atoms with E-state index in [0.29, 0.717) is 4.38 Å². The van der Waals surface area contributed by atoms with Crippen LogP contribution in [0.1, 0.15) is 27.7 Å². The molecule has 1 nitrogen and oxygen atoms in total. The van der Waals surface area contributed by atoms with Crippen LogP contribution in [0.25, 0.3) is 0 Å². The molecule has 0 fully saturated rings. The Kier molecular flexibility index (Phi) is 4.41. The standard InChI is InChI=1S/C8H16OS2/c1-6(8(2,3)4)9-7(10)11-5/h6H,1-5H3. The lowest BCUT2D eigenvalue weighted by Gasteiger charge is -2.27. The summed E-state index contributed by atoms with van der Waals surface area (Å²) in [6, 6.07) is 0. The molecular weight excluding hydrogens is 176 g/mol. The summed E-state index contributed by atoms with van der Waals surface area (Å²) < 4.78 is 6.09. The van der Waals surface area contributed by atoms with Crippen molar-refractivity contribution in [2.24, 2.45) is 5.41 Å². The van der Waals surface area contributed by atoms with Gasteiger partial charge in [0.05, 0.1) is 0 Å². The summed E-state index contributed by atoms with van der Waals surface area (Å²) in [5.74, 6) is 0. The molecule has 0 aromatic carbocycles. The number of hydrogen-bond acceptors (Lipinski definition) is 3. The zero-order valence-electron chi connectivity index (χ0n) is 7.80. The van der Waals surface area contributed by atoms with Crippen molar-refractivity contribution >= 4 is 28.4 Å². The Hall–Kier alpha value is 0.240. The molecule has 0 saturated carbocycles. The third-order valence-electron chi connectivity index (χ3n) is 1.66. The lowest BCUT2D eigenvalue weighted by Crippen LogP contribution is -2.27. The van der Waals surface area contributed by atoms with Crippen LogP contribution in [0.15, 0.2) is 0 Å². The molecule has 11 heavy (non-hydrogen) atoms. The van der Waals surface area contributed by atoms with Gasteiger partial charge in [-0.15, -0.1) is 0 Å². The van der Waals surface area contributed by atoms with Crippen LogP contribution in [0, 0.1) is 5.41 Å². The smallest absolute Gasteiger partial charge is 0.219 e. The van der Waals surface area contributed by atoms with Crippen LogP contribution in [0.3, 0.4) is 0 Å². The Morgan fingerprint density at radius 1 is 1.45 bits per heavy atom. The average Bonchev–Trinajstić information content (AvgIpc) is 1.85. The fourth-order valence-corrected chi connectivity index (χ4v) is 0.754. The molecule has 0 aromatic rings. The molecule has 0 rings (SSSR count). The van der Waals surface area contributed by atoms with Crippen LogP contribution < -0.4 is 0 Å². The van der Waals surface area contributed by atoms with Crippen molar-refractivity contribution in [3.05, 3.63) is 0 Å². The zero-order chi connectivity index (χ0) is 9.07. The van der Waals surface area contributed by atoms with E-state index in [-0.39, 0.29) is 11.5 Å². The highest BCUT2D eigenvalue weighted by Gasteiger charge is 2.22. The molecule has 0 spiro atoms. The first kappa shape index (κ1) is 11.2. The molecule has 0 aliphatic rings. The van der Waals surface area contributed by atoms with Crippen molar-refractivity contribution in [1.29, 1.82) is 0 Å². The fourth-order valence-electron chi connectivity index (χ4n) is 0.369. The highest BCUT2D eigenvalue weighted by Crippen LogP contribution is 2.23. The first-order valence-electron chi connectivity index (χ1n) is 3.62. The van der Waals surface area contributed by atoms with Crippen LogP contribution in [0.5, 0.6) is 0 Å². The van der Waals surface area contributed by atoms with Gasteiger partial charge in [-0.25, -0.2) is 0 Å². The van der Waals surface area contributed by atoms with E-state index in [2.05, 4.69) is 20.8 Å². The van der Waals surface area contributed by atoms with Gasteiger partial charge in [-0.05, 0) is 30.8 Å². The van der Waals surface area contributed by atoms with Gasteiger partial charge < -0.3 is 4.74 Å². The fraction of sp³-hybridized carbons (Fsp3) is 0.875. The zero-order valence-corrected chi connectivity index (χ0v) is 9.44. The van der Waals surface area contributed by atoms with E-state index in [0.717, 1.165) is 0 Å². The molecule has 66 valence electrons. The molecule has 0 amide bonds. The van der Waals surface area contributed by atoms with Gasteiger partial charge in [0.25, 0.3) is 0 Å². The summed E-state index contributed by atoms with van der Waals surface area (Å²) in [7, 11) is 0. The summed E-state index contributed by atoms with van der Waals surface area (Å²) >= 11 is 6.42. The van der Waals surface area contributed by atoms with E-state index in [1.807, 2.05) is 13.2 Å². The van der Waals surface area contributed by atoms with E-state index in [9.17, 15) is 0 Å². The van der Waals surface area contributed by atoms with E-state index >= 15 is 0 Å². The second kappa shape index (κ2) is 4.31. The highest BCUT2D eigenvalue weighted by atomic mass is 32.2. The molecular formula is C8H16OS2. The lowest BCUT2D eigenvalue weighted by molar-refractivity contribution is 0.100. The van der Waals surface area contributed by atoms with Crippen LogP contribution in [0.2, 0.25) is 0 Å². The molecule has 0 aromatic heterocycles. The van der Waals surface area contributed by atoms with E-state index in [4.69, 9.17) is 17.0 Å². The number of ether oxygens (including phenoxy) is 1. The predicted octanol–water partition coefficient (Wildman–Crippen LogP) is 3.09. The SMILES string of the molecule is CSC(=S)OC(C)C(C)(C)C. The Balaban J connectivity index is 3.87. The van der Waals surface area contributed by atoms with E-state index in [1.54, 1.807) is 0 Å². The van der Waals surface area contributed by atoms with Crippen LogP contribution in [-0.4, -0.2) is 16.7 Å². The molecule has 1 atom stereocenters. The third-order valence-corrected chi connectivity index (χ3v) is 2.69. The van der Waals surface area contributed by atoms with Gasteiger partial charge in [0.1, 0.15) is 6.10 Å². The number of thioether (sulfide) groups is 1. The van der Waals surface area contributed by atoms with Gasteiger partial charge in [0, 0.05) is 0 Å². The molecule has 0 radical (unpaired) electrons. The Bertz CT molecular complexity index is 138. The second-order valence-electron chi connectivity index (χ2n) is 3.58. The van der Waals surface area contributed by atoms with E-state index < -0.39 is 0 Å². The normalized spacial score (nSPS) is 14.3. The highest BCUT2D eigenvalue weighted by molar-refractivity contribution is 8.22. The van der Waals surface area contributed by atoms with Gasteiger partial charge in [-0.3, -0.25) is 0 Å². The van der Waals surface area contributed by atoms with Crippen LogP contribution in [0.4, 0.5) is 0 Å². The summed E-state index contributed by atoms with van der Waals surface area (Å²) in [6.07, 6.45) is 2.11. The Labute approximate surface area is 78.9 Å². The minimum atomic E-state index is 0.166. The molecule has 3 heteroatoms. The van der Waals surface area contributed by atoms with Crippen molar-refractivity contribution in [2.45, 2.75) is 33.8 Å². The summed E-state index contributed by atoms with van der Waals surface area (Å²) in [5, 5.41) is 0. The second-order valence-corrected chi connectivity index (χ2v) is 4.99. The molecule has 0 heterocycles. The largest absolute Gasteiger partial charge is 0.475 e. The Morgan fingerprint density at radius 3 is 2.18 bits per heavy atom. The molecule has 0 bridgehead atoms. The average molecular weight is 192 g/mol. The third kappa shape index (κ3) is 4.64. The molecule has 0 aliphatic carbocycles.